The molecule has 0 spiro atoms. The Morgan fingerprint density at radius 3 is 2.29 bits per heavy atom. The van der Waals surface area contributed by atoms with Gasteiger partial charge in [0.25, 0.3) is 0 Å². The number of anilines is 1. The Bertz CT molecular complexity index is 1330. The summed E-state index contributed by atoms with van der Waals surface area (Å²) in [4.78, 5) is 30.8. The molecule has 5 rings (SSSR count). The molecule has 0 radical (unpaired) electrons. The fourth-order valence-electron chi connectivity index (χ4n) is 6.20. The molecule has 3 aromatic rings. The number of carboxylic acid groups (broad SMARTS) is 1. The summed E-state index contributed by atoms with van der Waals surface area (Å²) in [5, 5.41) is 13.2. The van der Waals surface area contributed by atoms with Crippen LogP contribution in [0.2, 0.25) is 0 Å². The third-order valence-corrected chi connectivity index (χ3v) is 8.34. The van der Waals surface area contributed by atoms with Gasteiger partial charge in [-0.2, -0.15) is 0 Å². The summed E-state index contributed by atoms with van der Waals surface area (Å²) in [6, 6.07) is 25.0. The van der Waals surface area contributed by atoms with E-state index in [0.29, 0.717) is 45.6 Å². The normalized spacial score (nSPS) is 20.1. The summed E-state index contributed by atoms with van der Waals surface area (Å²) in [5.74, 6) is -0.126. The summed E-state index contributed by atoms with van der Waals surface area (Å²) in [5.41, 5.74) is 3.53. The molecule has 1 atom stereocenters. The molecule has 2 heterocycles. The first-order valence-corrected chi connectivity index (χ1v) is 14.4. The molecular formula is C33H39FN4O3. The number of piperazine rings is 1. The van der Waals surface area contributed by atoms with Crippen molar-refractivity contribution in [2.75, 3.05) is 38.0 Å². The molecular weight excluding hydrogens is 519 g/mol. The minimum Gasteiger partial charge on any atom is -0.465 e. The quantitative estimate of drug-likeness (QED) is 0.394. The van der Waals surface area contributed by atoms with Crippen molar-refractivity contribution in [2.24, 2.45) is 0 Å². The third kappa shape index (κ3) is 7.44. The van der Waals surface area contributed by atoms with Crippen LogP contribution in [0.15, 0.2) is 78.9 Å². The topological polar surface area (TPSA) is 76.1 Å². The Kier molecular flexibility index (Phi) is 8.88. The van der Waals surface area contributed by atoms with Gasteiger partial charge in [-0.15, -0.1) is 0 Å². The molecule has 0 bridgehead atoms. The SMILES string of the molecule is C[C@@]1(Cc2ccccc2)CN(Cc2ccc(CC(=O)N3CCC(Nc4cccc(F)c4)CC3)cc2)CCN1C(=O)O. The van der Waals surface area contributed by atoms with E-state index in [1.54, 1.807) is 11.0 Å². The Morgan fingerprint density at radius 1 is 0.902 bits per heavy atom. The second kappa shape index (κ2) is 12.7. The standard InChI is InChI=1S/C33H39FN4O3/c1-33(22-26-6-3-2-4-7-26)24-36(18-19-38(33)32(40)41)23-27-12-10-25(11-13-27)20-31(39)37-16-14-29(15-17-37)35-30-9-5-8-28(34)21-30/h2-13,21,29,35H,14-20,22-24H2,1H3,(H,40,41)/t33-/m1/s1. The number of carbonyl (C=O) groups is 2. The summed E-state index contributed by atoms with van der Waals surface area (Å²) < 4.78 is 13.5. The Hall–Kier alpha value is -3.91. The maximum Gasteiger partial charge on any atom is 0.407 e. The fourth-order valence-corrected chi connectivity index (χ4v) is 6.20. The smallest absolute Gasteiger partial charge is 0.407 e. The average Bonchev–Trinajstić information content (AvgIpc) is 2.95. The number of nitrogens with zero attached hydrogens (tertiary/aromatic N) is 3. The van der Waals surface area contributed by atoms with Gasteiger partial charge < -0.3 is 20.2 Å². The molecule has 2 amide bonds. The van der Waals surface area contributed by atoms with E-state index >= 15 is 0 Å². The molecule has 3 aromatic carbocycles. The first kappa shape index (κ1) is 28.6. The van der Waals surface area contributed by atoms with Crippen molar-refractivity contribution in [3.63, 3.8) is 0 Å². The van der Waals surface area contributed by atoms with Crippen LogP contribution in [-0.4, -0.2) is 76.1 Å². The van der Waals surface area contributed by atoms with E-state index in [4.69, 9.17) is 0 Å². The van der Waals surface area contributed by atoms with Gasteiger partial charge in [0, 0.05) is 51.0 Å². The zero-order chi connectivity index (χ0) is 28.8. The summed E-state index contributed by atoms with van der Waals surface area (Å²) in [7, 11) is 0. The van der Waals surface area contributed by atoms with Crippen LogP contribution < -0.4 is 5.32 Å². The number of benzene rings is 3. The number of rotatable bonds is 8. The Labute approximate surface area is 241 Å². The molecule has 0 aliphatic carbocycles. The molecule has 2 saturated heterocycles. The molecule has 2 aliphatic rings. The van der Waals surface area contributed by atoms with Crippen molar-refractivity contribution in [1.82, 2.24) is 14.7 Å². The van der Waals surface area contributed by atoms with E-state index in [9.17, 15) is 19.1 Å². The molecule has 2 N–H and O–H groups in total. The predicted molar refractivity (Wildman–Crippen MR) is 158 cm³/mol. The van der Waals surface area contributed by atoms with Crippen LogP contribution in [0.3, 0.4) is 0 Å². The van der Waals surface area contributed by atoms with Gasteiger partial charge in [0.15, 0.2) is 0 Å². The second-order valence-electron chi connectivity index (χ2n) is 11.6. The second-order valence-corrected chi connectivity index (χ2v) is 11.6. The van der Waals surface area contributed by atoms with Gasteiger partial charge in [0.2, 0.25) is 5.91 Å². The van der Waals surface area contributed by atoms with Gasteiger partial charge in [0.05, 0.1) is 12.0 Å². The van der Waals surface area contributed by atoms with Crippen LogP contribution in [0.4, 0.5) is 14.9 Å². The monoisotopic (exact) mass is 558 g/mol. The first-order valence-electron chi connectivity index (χ1n) is 14.4. The molecule has 216 valence electrons. The number of hydrogen-bond donors (Lipinski definition) is 2. The lowest BCUT2D eigenvalue weighted by molar-refractivity contribution is -0.131. The minimum atomic E-state index is -0.871. The average molecular weight is 559 g/mol. The number of piperidine rings is 1. The van der Waals surface area contributed by atoms with Gasteiger partial charge in [-0.3, -0.25) is 9.69 Å². The summed E-state index contributed by atoms with van der Waals surface area (Å²) in [6.45, 7) is 5.95. The van der Waals surface area contributed by atoms with Crippen molar-refractivity contribution in [2.45, 2.75) is 50.7 Å². The Morgan fingerprint density at radius 2 is 1.61 bits per heavy atom. The molecule has 41 heavy (non-hydrogen) atoms. The van der Waals surface area contributed by atoms with Crippen LogP contribution in [0.25, 0.3) is 0 Å². The molecule has 0 saturated carbocycles. The first-order chi connectivity index (χ1) is 19.8. The van der Waals surface area contributed by atoms with E-state index in [1.165, 1.54) is 12.1 Å². The highest BCUT2D eigenvalue weighted by molar-refractivity contribution is 5.79. The van der Waals surface area contributed by atoms with Crippen LogP contribution in [0, 0.1) is 5.82 Å². The fraction of sp³-hybridized carbons (Fsp3) is 0.394. The highest BCUT2D eigenvalue weighted by Gasteiger charge is 2.40. The lowest BCUT2D eigenvalue weighted by Crippen LogP contribution is -2.63. The van der Waals surface area contributed by atoms with Crippen LogP contribution in [0.5, 0.6) is 0 Å². The van der Waals surface area contributed by atoms with Crippen molar-refractivity contribution in [1.29, 1.82) is 0 Å². The maximum atomic E-state index is 13.5. The van der Waals surface area contributed by atoms with E-state index in [2.05, 4.69) is 34.5 Å². The van der Waals surface area contributed by atoms with Crippen molar-refractivity contribution in [3.8, 4) is 0 Å². The largest absolute Gasteiger partial charge is 0.465 e. The number of carbonyl (C=O) groups excluding carboxylic acids is 1. The number of halogens is 1. The summed E-state index contributed by atoms with van der Waals surface area (Å²) in [6.07, 6.45) is 1.83. The number of amides is 2. The maximum absolute atomic E-state index is 13.5. The zero-order valence-electron chi connectivity index (χ0n) is 23.6. The molecule has 2 aliphatic heterocycles. The van der Waals surface area contributed by atoms with Gasteiger partial charge >= 0.3 is 6.09 Å². The predicted octanol–water partition coefficient (Wildman–Crippen LogP) is 5.27. The third-order valence-electron chi connectivity index (χ3n) is 8.34. The highest BCUT2D eigenvalue weighted by Crippen LogP contribution is 2.27. The van der Waals surface area contributed by atoms with Crippen LogP contribution in [0.1, 0.15) is 36.5 Å². The van der Waals surface area contributed by atoms with Crippen molar-refractivity contribution >= 4 is 17.7 Å². The van der Waals surface area contributed by atoms with Crippen molar-refractivity contribution < 1.29 is 19.1 Å². The highest BCUT2D eigenvalue weighted by atomic mass is 19.1. The van der Waals surface area contributed by atoms with Gasteiger partial charge in [-0.05, 0) is 61.1 Å². The van der Waals surface area contributed by atoms with E-state index < -0.39 is 11.6 Å². The molecule has 7 nitrogen and oxygen atoms in total. The minimum absolute atomic E-state index is 0.128. The number of nitrogens with one attached hydrogen (secondary N) is 1. The molecule has 0 aromatic heterocycles. The van der Waals surface area contributed by atoms with Crippen molar-refractivity contribution in [3.05, 3.63) is 101 Å². The molecule has 8 heteroatoms. The van der Waals surface area contributed by atoms with Gasteiger partial charge in [0.1, 0.15) is 5.82 Å². The van der Waals surface area contributed by atoms with Crippen LogP contribution >= 0.6 is 0 Å². The van der Waals surface area contributed by atoms with Gasteiger partial charge in [-0.25, -0.2) is 9.18 Å². The molecule has 2 fully saturated rings. The lowest BCUT2D eigenvalue weighted by atomic mass is 9.88. The van der Waals surface area contributed by atoms with E-state index in [0.717, 1.165) is 41.8 Å². The Balaban J connectivity index is 1.12. The van der Waals surface area contributed by atoms with Crippen LogP contribution in [-0.2, 0) is 24.2 Å². The number of likely N-dealkylation sites (tertiary alicyclic amines) is 1. The van der Waals surface area contributed by atoms with E-state index in [1.807, 2.05) is 48.2 Å². The van der Waals surface area contributed by atoms with Gasteiger partial charge in [-0.1, -0.05) is 60.7 Å². The lowest BCUT2D eigenvalue weighted by Gasteiger charge is -2.48. The van der Waals surface area contributed by atoms with E-state index in [-0.39, 0.29) is 17.8 Å². The zero-order valence-corrected chi connectivity index (χ0v) is 23.6. The molecule has 0 unspecified atom stereocenters. The number of hydrogen-bond acceptors (Lipinski definition) is 4. The summed E-state index contributed by atoms with van der Waals surface area (Å²) >= 11 is 0.